The van der Waals surface area contributed by atoms with Gasteiger partial charge in [0.1, 0.15) is 6.04 Å². The SMILES string of the molecule is CCNC(C(=O)OC)C(C)n1cc(C)cn1. The number of aromatic nitrogens is 2. The van der Waals surface area contributed by atoms with Crippen LogP contribution >= 0.6 is 0 Å². The third-order valence-corrected chi connectivity index (χ3v) is 2.51. The highest BCUT2D eigenvalue weighted by Gasteiger charge is 2.26. The third kappa shape index (κ3) is 2.82. The Kier molecular flexibility index (Phi) is 4.49. The van der Waals surface area contributed by atoms with Gasteiger partial charge in [0.25, 0.3) is 0 Å². The standard InChI is InChI=1S/C11H19N3O2/c1-5-12-10(11(15)16-4)9(3)14-7-8(2)6-13-14/h6-7,9-10,12H,5H2,1-4H3. The van der Waals surface area contributed by atoms with Crippen LogP contribution in [0.1, 0.15) is 25.5 Å². The Morgan fingerprint density at radius 3 is 2.81 bits per heavy atom. The average molecular weight is 225 g/mol. The van der Waals surface area contributed by atoms with E-state index in [4.69, 9.17) is 4.74 Å². The number of hydrogen-bond acceptors (Lipinski definition) is 4. The zero-order chi connectivity index (χ0) is 12.1. The zero-order valence-corrected chi connectivity index (χ0v) is 10.2. The van der Waals surface area contributed by atoms with E-state index in [1.165, 1.54) is 7.11 Å². The van der Waals surface area contributed by atoms with Crippen molar-refractivity contribution in [1.82, 2.24) is 15.1 Å². The van der Waals surface area contributed by atoms with Crippen LogP contribution in [0.5, 0.6) is 0 Å². The highest BCUT2D eigenvalue weighted by molar-refractivity contribution is 5.76. The maximum absolute atomic E-state index is 11.6. The number of ether oxygens (including phenoxy) is 1. The molecule has 0 radical (unpaired) electrons. The Balaban J connectivity index is 2.81. The zero-order valence-electron chi connectivity index (χ0n) is 10.2. The fraction of sp³-hybridized carbons (Fsp3) is 0.636. The Morgan fingerprint density at radius 2 is 2.38 bits per heavy atom. The van der Waals surface area contributed by atoms with Crippen molar-refractivity contribution in [2.75, 3.05) is 13.7 Å². The molecular formula is C11H19N3O2. The minimum absolute atomic E-state index is 0.0684. The summed E-state index contributed by atoms with van der Waals surface area (Å²) in [6.45, 7) is 6.58. The Bertz CT molecular complexity index is 349. The molecule has 0 saturated carbocycles. The number of nitrogens with one attached hydrogen (secondary N) is 1. The first-order valence-corrected chi connectivity index (χ1v) is 5.42. The van der Waals surface area contributed by atoms with E-state index in [1.807, 2.05) is 27.0 Å². The number of esters is 1. The number of carbonyl (C=O) groups excluding carboxylic acids is 1. The monoisotopic (exact) mass is 225 g/mol. The first-order chi connectivity index (χ1) is 7.60. The molecule has 5 heteroatoms. The van der Waals surface area contributed by atoms with Gasteiger partial charge >= 0.3 is 5.97 Å². The first kappa shape index (κ1) is 12.7. The molecule has 0 aliphatic carbocycles. The van der Waals surface area contributed by atoms with Crippen molar-refractivity contribution in [3.05, 3.63) is 18.0 Å². The van der Waals surface area contributed by atoms with Crippen molar-refractivity contribution < 1.29 is 9.53 Å². The van der Waals surface area contributed by atoms with Gasteiger partial charge in [-0.15, -0.1) is 0 Å². The van der Waals surface area contributed by atoms with Crippen molar-refractivity contribution >= 4 is 5.97 Å². The van der Waals surface area contributed by atoms with Gasteiger partial charge in [0.15, 0.2) is 0 Å². The summed E-state index contributed by atoms with van der Waals surface area (Å²) in [7, 11) is 1.40. The summed E-state index contributed by atoms with van der Waals surface area (Å²) < 4.78 is 6.55. The lowest BCUT2D eigenvalue weighted by Crippen LogP contribution is -2.43. The maximum atomic E-state index is 11.6. The molecule has 1 aromatic heterocycles. The number of likely N-dealkylation sites (N-methyl/N-ethyl adjacent to an activating group) is 1. The molecule has 0 amide bonds. The van der Waals surface area contributed by atoms with Crippen LogP contribution in [0.4, 0.5) is 0 Å². The molecule has 0 bridgehead atoms. The van der Waals surface area contributed by atoms with Crippen LogP contribution in [0.2, 0.25) is 0 Å². The van der Waals surface area contributed by atoms with E-state index >= 15 is 0 Å². The van der Waals surface area contributed by atoms with E-state index in [2.05, 4.69) is 10.4 Å². The lowest BCUT2D eigenvalue weighted by Gasteiger charge is -2.22. The van der Waals surface area contributed by atoms with Crippen LogP contribution in [-0.2, 0) is 9.53 Å². The van der Waals surface area contributed by atoms with E-state index in [-0.39, 0.29) is 18.1 Å². The van der Waals surface area contributed by atoms with Crippen molar-refractivity contribution in [2.24, 2.45) is 0 Å². The molecule has 0 aliphatic heterocycles. The smallest absolute Gasteiger partial charge is 0.325 e. The van der Waals surface area contributed by atoms with Crippen LogP contribution in [0.15, 0.2) is 12.4 Å². The molecule has 1 N–H and O–H groups in total. The minimum atomic E-state index is -0.366. The number of nitrogens with zero attached hydrogens (tertiary/aromatic N) is 2. The molecule has 1 heterocycles. The molecular weight excluding hydrogens is 206 g/mol. The van der Waals surface area contributed by atoms with Gasteiger partial charge in [-0.1, -0.05) is 6.92 Å². The van der Waals surface area contributed by atoms with Gasteiger partial charge in [0.05, 0.1) is 19.3 Å². The van der Waals surface area contributed by atoms with Gasteiger partial charge in [-0.05, 0) is 26.0 Å². The summed E-state index contributed by atoms with van der Waals surface area (Å²) >= 11 is 0. The normalized spacial score (nSPS) is 14.5. The molecule has 0 aromatic carbocycles. The van der Waals surface area contributed by atoms with Crippen LogP contribution in [0.25, 0.3) is 0 Å². The minimum Gasteiger partial charge on any atom is -0.468 e. The predicted molar refractivity (Wildman–Crippen MR) is 61.2 cm³/mol. The average Bonchev–Trinajstić information content (AvgIpc) is 2.71. The summed E-state index contributed by atoms with van der Waals surface area (Å²) in [5.74, 6) is -0.262. The predicted octanol–water partition coefficient (Wildman–Crippen LogP) is 0.904. The van der Waals surface area contributed by atoms with E-state index in [9.17, 15) is 4.79 Å². The van der Waals surface area contributed by atoms with E-state index in [0.29, 0.717) is 6.54 Å². The molecule has 1 rings (SSSR count). The fourth-order valence-electron chi connectivity index (χ4n) is 1.61. The van der Waals surface area contributed by atoms with Crippen LogP contribution < -0.4 is 5.32 Å². The molecule has 5 nitrogen and oxygen atoms in total. The van der Waals surface area contributed by atoms with Crippen molar-refractivity contribution in [1.29, 1.82) is 0 Å². The number of rotatable bonds is 5. The highest BCUT2D eigenvalue weighted by atomic mass is 16.5. The lowest BCUT2D eigenvalue weighted by molar-refractivity contribution is -0.144. The van der Waals surface area contributed by atoms with Gasteiger partial charge < -0.3 is 10.1 Å². The van der Waals surface area contributed by atoms with Gasteiger partial charge in [-0.2, -0.15) is 5.10 Å². The summed E-state index contributed by atoms with van der Waals surface area (Å²) in [6.07, 6.45) is 3.69. The van der Waals surface area contributed by atoms with Gasteiger partial charge in [0, 0.05) is 6.20 Å². The Labute approximate surface area is 95.8 Å². The Hall–Kier alpha value is -1.36. The highest BCUT2D eigenvalue weighted by Crippen LogP contribution is 2.12. The first-order valence-electron chi connectivity index (χ1n) is 5.42. The molecule has 16 heavy (non-hydrogen) atoms. The van der Waals surface area contributed by atoms with Crippen molar-refractivity contribution in [3.8, 4) is 0 Å². The summed E-state index contributed by atoms with van der Waals surface area (Å²) in [5, 5.41) is 7.31. The molecule has 0 spiro atoms. The number of hydrogen-bond donors (Lipinski definition) is 1. The summed E-state index contributed by atoms with van der Waals surface area (Å²) in [4.78, 5) is 11.6. The number of aryl methyl sites for hydroxylation is 1. The quantitative estimate of drug-likeness (QED) is 0.757. The summed E-state index contributed by atoms with van der Waals surface area (Å²) in [5.41, 5.74) is 1.08. The van der Waals surface area contributed by atoms with Crippen molar-refractivity contribution in [2.45, 2.75) is 32.9 Å². The molecule has 2 unspecified atom stereocenters. The van der Waals surface area contributed by atoms with E-state index in [1.54, 1.807) is 10.9 Å². The molecule has 2 atom stereocenters. The molecule has 0 saturated heterocycles. The number of methoxy groups -OCH3 is 1. The van der Waals surface area contributed by atoms with Crippen LogP contribution in [0, 0.1) is 6.92 Å². The lowest BCUT2D eigenvalue weighted by atomic mass is 10.1. The van der Waals surface area contributed by atoms with Gasteiger partial charge in [0.2, 0.25) is 0 Å². The molecule has 0 fully saturated rings. The largest absolute Gasteiger partial charge is 0.468 e. The molecule has 90 valence electrons. The second kappa shape index (κ2) is 5.65. The number of carbonyl (C=O) groups is 1. The van der Waals surface area contributed by atoms with Crippen LogP contribution in [0.3, 0.4) is 0 Å². The molecule has 0 aliphatic rings. The third-order valence-electron chi connectivity index (χ3n) is 2.51. The second-order valence-electron chi connectivity index (χ2n) is 3.80. The van der Waals surface area contributed by atoms with E-state index < -0.39 is 0 Å². The van der Waals surface area contributed by atoms with E-state index in [0.717, 1.165) is 5.56 Å². The topological polar surface area (TPSA) is 56.1 Å². The second-order valence-corrected chi connectivity index (χ2v) is 3.80. The fourth-order valence-corrected chi connectivity index (χ4v) is 1.61. The van der Waals surface area contributed by atoms with Crippen molar-refractivity contribution in [3.63, 3.8) is 0 Å². The Morgan fingerprint density at radius 1 is 1.69 bits per heavy atom. The van der Waals surface area contributed by atoms with Gasteiger partial charge in [-0.25, -0.2) is 0 Å². The summed E-state index contributed by atoms with van der Waals surface area (Å²) in [6, 6.07) is -0.435. The van der Waals surface area contributed by atoms with Crippen LogP contribution in [-0.4, -0.2) is 35.4 Å². The maximum Gasteiger partial charge on any atom is 0.325 e. The molecule has 1 aromatic rings. The van der Waals surface area contributed by atoms with Gasteiger partial charge in [-0.3, -0.25) is 9.48 Å².